The Kier molecular flexibility index (Phi) is 0.778. The van der Waals surface area contributed by atoms with E-state index in [0.29, 0.717) is 5.41 Å². The summed E-state index contributed by atoms with van der Waals surface area (Å²) in [5.74, 6) is 1.04. The van der Waals surface area contributed by atoms with Gasteiger partial charge in [-0.1, -0.05) is 12.8 Å². The minimum atomic E-state index is 0.595. The fourth-order valence-corrected chi connectivity index (χ4v) is 2.01. The van der Waals surface area contributed by atoms with E-state index in [1.54, 1.807) is 0 Å². The minimum absolute atomic E-state index is 0.595. The molecule has 0 aliphatic heterocycles. The maximum absolute atomic E-state index is 4.20. The van der Waals surface area contributed by atoms with Gasteiger partial charge in [0.1, 0.15) is 0 Å². The Morgan fingerprint density at radius 2 is 2.25 bits per heavy atom. The molecule has 2 aliphatic rings. The van der Waals surface area contributed by atoms with Crippen LogP contribution in [0.3, 0.4) is 0 Å². The topological polar surface area (TPSA) is 0 Å². The summed E-state index contributed by atoms with van der Waals surface area (Å²) in [6.45, 7) is 4.20. The zero-order chi connectivity index (χ0) is 5.61. The van der Waals surface area contributed by atoms with Crippen molar-refractivity contribution in [3.8, 4) is 0 Å². The Balaban J connectivity index is 2.04. The van der Waals surface area contributed by atoms with E-state index in [-0.39, 0.29) is 0 Å². The fraction of sp³-hybridized carbons (Fsp3) is 0.875. The summed E-state index contributed by atoms with van der Waals surface area (Å²) >= 11 is 0. The van der Waals surface area contributed by atoms with E-state index in [4.69, 9.17) is 0 Å². The molecule has 8 heavy (non-hydrogen) atoms. The molecule has 0 spiro atoms. The van der Waals surface area contributed by atoms with Crippen molar-refractivity contribution in [1.82, 2.24) is 0 Å². The van der Waals surface area contributed by atoms with Crippen LogP contribution in [0.1, 0.15) is 32.1 Å². The minimum Gasteiger partial charge on any atom is -0.0530 e. The van der Waals surface area contributed by atoms with Crippen molar-refractivity contribution in [3.05, 3.63) is 6.92 Å². The maximum Gasteiger partial charge on any atom is -0.0266 e. The van der Waals surface area contributed by atoms with Crippen LogP contribution in [0.5, 0.6) is 0 Å². The Bertz CT molecular complexity index is 105. The standard InChI is InChI=1S/C8H13/c1-8-5-3-2-4-7(8)6-8/h7H,1-6H2. The van der Waals surface area contributed by atoms with E-state index < -0.39 is 0 Å². The Morgan fingerprint density at radius 1 is 1.38 bits per heavy atom. The molecule has 2 rings (SSSR count). The lowest BCUT2D eigenvalue weighted by molar-refractivity contribution is 0.400. The van der Waals surface area contributed by atoms with Gasteiger partial charge in [0.05, 0.1) is 0 Å². The summed E-state index contributed by atoms with van der Waals surface area (Å²) in [5.41, 5.74) is 0.595. The SMILES string of the molecule is [CH2]C12CCCCC1C2. The van der Waals surface area contributed by atoms with Crippen LogP contribution in [0.2, 0.25) is 0 Å². The summed E-state index contributed by atoms with van der Waals surface area (Å²) in [7, 11) is 0. The molecule has 0 amide bonds. The molecule has 0 aromatic rings. The van der Waals surface area contributed by atoms with Crippen molar-refractivity contribution in [1.29, 1.82) is 0 Å². The third-order valence-corrected chi connectivity index (χ3v) is 2.84. The van der Waals surface area contributed by atoms with Crippen molar-refractivity contribution < 1.29 is 0 Å². The zero-order valence-electron chi connectivity index (χ0n) is 5.32. The van der Waals surface area contributed by atoms with Crippen LogP contribution in [-0.2, 0) is 0 Å². The van der Waals surface area contributed by atoms with Gasteiger partial charge in [-0.3, -0.25) is 0 Å². The van der Waals surface area contributed by atoms with Gasteiger partial charge in [0, 0.05) is 0 Å². The van der Waals surface area contributed by atoms with Crippen LogP contribution in [0.25, 0.3) is 0 Å². The zero-order valence-corrected chi connectivity index (χ0v) is 5.32. The molecule has 2 atom stereocenters. The van der Waals surface area contributed by atoms with Crippen molar-refractivity contribution in [2.75, 3.05) is 0 Å². The highest BCUT2D eigenvalue weighted by atomic mass is 14.5. The van der Waals surface area contributed by atoms with Crippen molar-refractivity contribution >= 4 is 0 Å². The number of hydrogen-bond acceptors (Lipinski definition) is 0. The molecule has 0 bridgehead atoms. The lowest BCUT2D eigenvalue weighted by Gasteiger charge is -2.15. The van der Waals surface area contributed by atoms with Crippen LogP contribution in [-0.4, -0.2) is 0 Å². The van der Waals surface area contributed by atoms with Gasteiger partial charge in [-0.05, 0) is 37.5 Å². The Labute approximate surface area is 51.3 Å². The van der Waals surface area contributed by atoms with Crippen LogP contribution in [0, 0.1) is 18.3 Å². The van der Waals surface area contributed by atoms with E-state index >= 15 is 0 Å². The molecule has 0 aromatic carbocycles. The Hall–Kier alpha value is 0. The third kappa shape index (κ3) is 0.519. The molecule has 0 heteroatoms. The van der Waals surface area contributed by atoms with Gasteiger partial charge in [-0.2, -0.15) is 0 Å². The van der Waals surface area contributed by atoms with E-state index in [1.807, 2.05) is 0 Å². The number of rotatable bonds is 0. The van der Waals surface area contributed by atoms with E-state index in [1.165, 1.54) is 32.1 Å². The molecule has 2 fully saturated rings. The van der Waals surface area contributed by atoms with Gasteiger partial charge < -0.3 is 0 Å². The molecule has 0 heterocycles. The third-order valence-electron chi connectivity index (χ3n) is 2.84. The lowest BCUT2D eigenvalue weighted by Crippen LogP contribution is -2.03. The molecule has 2 saturated carbocycles. The average molecular weight is 109 g/mol. The average Bonchev–Trinajstić information content (AvgIpc) is 2.39. The monoisotopic (exact) mass is 109 g/mol. The summed E-state index contributed by atoms with van der Waals surface area (Å²) < 4.78 is 0. The molecule has 2 unspecified atom stereocenters. The normalized spacial score (nSPS) is 52.9. The van der Waals surface area contributed by atoms with Crippen LogP contribution in [0.4, 0.5) is 0 Å². The molecule has 2 aliphatic carbocycles. The summed E-state index contributed by atoms with van der Waals surface area (Å²) in [6, 6.07) is 0. The highest BCUT2D eigenvalue weighted by Crippen LogP contribution is 2.60. The van der Waals surface area contributed by atoms with Gasteiger partial charge >= 0.3 is 0 Å². The summed E-state index contributed by atoms with van der Waals surface area (Å²) in [6.07, 6.45) is 7.25. The number of hydrogen-bond donors (Lipinski definition) is 0. The molecular formula is C8H13. The molecule has 0 saturated heterocycles. The van der Waals surface area contributed by atoms with Crippen LogP contribution >= 0.6 is 0 Å². The molecule has 0 N–H and O–H groups in total. The fourth-order valence-electron chi connectivity index (χ4n) is 2.01. The smallest absolute Gasteiger partial charge is 0.0266 e. The van der Waals surface area contributed by atoms with Gasteiger partial charge in [0.25, 0.3) is 0 Å². The van der Waals surface area contributed by atoms with Crippen molar-refractivity contribution in [2.45, 2.75) is 32.1 Å². The first-order valence-corrected chi connectivity index (χ1v) is 3.67. The molecular weight excluding hydrogens is 96.1 g/mol. The highest BCUT2D eigenvalue weighted by Gasteiger charge is 2.50. The van der Waals surface area contributed by atoms with Crippen molar-refractivity contribution in [2.24, 2.45) is 11.3 Å². The maximum atomic E-state index is 4.20. The molecule has 0 aromatic heterocycles. The molecule has 45 valence electrons. The first-order chi connectivity index (χ1) is 3.81. The van der Waals surface area contributed by atoms with Crippen molar-refractivity contribution in [3.63, 3.8) is 0 Å². The highest BCUT2D eigenvalue weighted by molar-refractivity contribution is 5.05. The first-order valence-electron chi connectivity index (χ1n) is 3.67. The second-order valence-electron chi connectivity index (χ2n) is 3.51. The van der Waals surface area contributed by atoms with Crippen LogP contribution < -0.4 is 0 Å². The van der Waals surface area contributed by atoms with Gasteiger partial charge in [-0.15, -0.1) is 0 Å². The Morgan fingerprint density at radius 3 is 2.75 bits per heavy atom. The largest absolute Gasteiger partial charge is 0.0530 e. The second-order valence-corrected chi connectivity index (χ2v) is 3.51. The predicted octanol–water partition coefficient (Wildman–Crippen LogP) is 2.40. The van der Waals surface area contributed by atoms with E-state index in [2.05, 4.69) is 6.92 Å². The lowest BCUT2D eigenvalue weighted by atomic mass is 9.90. The predicted molar refractivity (Wildman–Crippen MR) is 34.4 cm³/mol. The van der Waals surface area contributed by atoms with E-state index in [9.17, 15) is 0 Å². The molecule has 1 radical (unpaired) electrons. The second kappa shape index (κ2) is 1.29. The van der Waals surface area contributed by atoms with Gasteiger partial charge in [0.15, 0.2) is 0 Å². The first kappa shape index (κ1) is 4.84. The van der Waals surface area contributed by atoms with Gasteiger partial charge in [0.2, 0.25) is 0 Å². The van der Waals surface area contributed by atoms with E-state index in [0.717, 1.165) is 5.92 Å². The van der Waals surface area contributed by atoms with Gasteiger partial charge in [-0.25, -0.2) is 0 Å². The number of fused-ring (bicyclic) bond motifs is 1. The molecule has 0 nitrogen and oxygen atoms in total. The quantitative estimate of drug-likeness (QED) is 0.448. The summed E-state index contributed by atoms with van der Waals surface area (Å²) in [4.78, 5) is 0. The summed E-state index contributed by atoms with van der Waals surface area (Å²) in [5, 5.41) is 0. The van der Waals surface area contributed by atoms with Crippen LogP contribution in [0.15, 0.2) is 0 Å².